The van der Waals surface area contributed by atoms with Crippen LogP contribution in [0.15, 0.2) is 0 Å². The van der Waals surface area contributed by atoms with Gasteiger partial charge in [-0.05, 0) is 19.9 Å². The van der Waals surface area contributed by atoms with Gasteiger partial charge in [-0.15, -0.1) is 0 Å². The van der Waals surface area contributed by atoms with Crippen LogP contribution in [0.1, 0.15) is 19.8 Å². The van der Waals surface area contributed by atoms with Crippen molar-refractivity contribution in [2.24, 2.45) is 0 Å². The van der Waals surface area contributed by atoms with Gasteiger partial charge in [0.25, 0.3) is 0 Å². The van der Waals surface area contributed by atoms with Crippen LogP contribution < -0.4 is 0 Å². The Balaban J connectivity index is 1.90. The fourth-order valence-electron chi connectivity index (χ4n) is 2.18. The first-order valence-corrected chi connectivity index (χ1v) is 4.61. The normalized spacial score (nSPS) is 32.2. The van der Waals surface area contributed by atoms with Crippen molar-refractivity contribution in [2.75, 3.05) is 26.7 Å². The summed E-state index contributed by atoms with van der Waals surface area (Å²) in [7, 11) is 2.17. The highest BCUT2D eigenvalue weighted by atomic mass is 16.2. The molecule has 3 nitrogen and oxygen atoms in total. The molecule has 0 radical (unpaired) electrons. The lowest BCUT2D eigenvalue weighted by atomic mass is 9.97. The van der Waals surface area contributed by atoms with Gasteiger partial charge in [-0.3, -0.25) is 9.69 Å². The first-order valence-electron chi connectivity index (χ1n) is 4.61. The zero-order chi connectivity index (χ0) is 8.77. The SMILES string of the molecule is CC(=O)N1CCC2(CC1)CN2C. The van der Waals surface area contributed by atoms with Gasteiger partial charge in [0.15, 0.2) is 0 Å². The van der Waals surface area contributed by atoms with E-state index >= 15 is 0 Å². The predicted octanol–water partition coefficient (Wildman–Crippen LogP) is 0.313. The lowest BCUT2D eigenvalue weighted by Crippen LogP contribution is -2.41. The Morgan fingerprint density at radius 1 is 1.33 bits per heavy atom. The number of amides is 1. The van der Waals surface area contributed by atoms with Gasteiger partial charge in [-0.1, -0.05) is 0 Å². The molecule has 3 heteroatoms. The van der Waals surface area contributed by atoms with Crippen LogP contribution >= 0.6 is 0 Å². The van der Waals surface area contributed by atoms with Crippen molar-refractivity contribution in [3.63, 3.8) is 0 Å². The first-order chi connectivity index (χ1) is 5.64. The van der Waals surface area contributed by atoms with Crippen LogP contribution in [0.25, 0.3) is 0 Å². The van der Waals surface area contributed by atoms with E-state index in [-0.39, 0.29) is 5.91 Å². The molecule has 1 atom stereocenters. The maximum absolute atomic E-state index is 11.0. The Labute approximate surface area is 73.3 Å². The Kier molecular flexibility index (Phi) is 1.65. The van der Waals surface area contributed by atoms with Crippen molar-refractivity contribution >= 4 is 5.91 Å². The van der Waals surface area contributed by atoms with E-state index < -0.39 is 0 Å². The molecule has 2 heterocycles. The summed E-state index contributed by atoms with van der Waals surface area (Å²) in [5.41, 5.74) is 0.492. The molecule has 2 rings (SSSR count). The number of rotatable bonds is 0. The summed E-state index contributed by atoms with van der Waals surface area (Å²) in [5.74, 6) is 0.230. The minimum atomic E-state index is 0.230. The Morgan fingerprint density at radius 3 is 2.17 bits per heavy atom. The van der Waals surface area contributed by atoms with Crippen LogP contribution in [0, 0.1) is 0 Å². The van der Waals surface area contributed by atoms with E-state index in [9.17, 15) is 4.79 Å². The fourth-order valence-corrected chi connectivity index (χ4v) is 2.18. The molecule has 2 aliphatic rings. The minimum Gasteiger partial charge on any atom is -0.343 e. The lowest BCUT2D eigenvalue weighted by molar-refractivity contribution is -0.130. The number of piperidine rings is 1. The van der Waals surface area contributed by atoms with Crippen LogP contribution in [0.3, 0.4) is 0 Å². The van der Waals surface area contributed by atoms with Gasteiger partial charge >= 0.3 is 0 Å². The average molecular weight is 168 g/mol. The molecule has 2 aliphatic heterocycles. The molecule has 1 spiro atoms. The second-order valence-corrected chi connectivity index (χ2v) is 4.09. The van der Waals surface area contributed by atoms with Gasteiger partial charge in [0.2, 0.25) is 5.91 Å². The number of nitrogens with zero attached hydrogens (tertiary/aromatic N) is 2. The Morgan fingerprint density at radius 2 is 1.83 bits per heavy atom. The maximum Gasteiger partial charge on any atom is 0.219 e. The zero-order valence-electron chi connectivity index (χ0n) is 7.84. The van der Waals surface area contributed by atoms with Crippen molar-refractivity contribution < 1.29 is 4.79 Å². The maximum atomic E-state index is 11.0. The first kappa shape index (κ1) is 8.05. The summed E-state index contributed by atoms with van der Waals surface area (Å²) in [5, 5.41) is 0. The highest BCUT2D eigenvalue weighted by molar-refractivity contribution is 5.73. The van der Waals surface area contributed by atoms with Crippen LogP contribution in [0.2, 0.25) is 0 Å². The fraction of sp³-hybridized carbons (Fsp3) is 0.889. The van der Waals surface area contributed by atoms with E-state index in [1.807, 2.05) is 4.90 Å². The number of carbonyl (C=O) groups is 1. The van der Waals surface area contributed by atoms with Gasteiger partial charge in [-0.25, -0.2) is 0 Å². The second kappa shape index (κ2) is 2.46. The van der Waals surface area contributed by atoms with Crippen LogP contribution in [0.5, 0.6) is 0 Å². The number of likely N-dealkylation sites (N-methyl/N-ethyl adjacent to an activating group) is 1. The second-order valence-electron chi connectivity index (χ2n) is 4.09. The third kappa shape index (κ3) is 1.12. The molecule has 12 heavy (non-hydrogen) atoms. The molecule has 1 unspecified atom stereocenters. The average Bonchev–Trinajstić information content (AvgIpc) is 2.62. The standard InChI is InChI=1S/C9H16N2O/c1-8(12)11-5-3-9(4-6-11)7-10(9)2/h3-7H2,1-2H3. The number of hydrogen-bond donors (Lipinski definition) is 0. The van der Waals surface area contributed by atoms with E-state index in [4.69, 9.17) is 0 Å². The van der Waals surface area contributed by atoms with E-state index in [2.05, 4.69) is 11.9 Å². The van der Waals surface area contributed by atoms with Gasteiger partial charge in [0, 0.05) is 32.1 Å². The zero-order valence-corrected chi connectivity index (χ0v) is 7.84. The highest BCUT2D eigenvalue weighted by Gasteiger charge is 2.50. The van der Waals surface area contributed by atoms with E-state index in [1.165, 1.54) is 19.4 Å². The quantitative estimate of drug-likeness (QED) is 0.486. The summed E-state index contributed by atoms with van der Waals surface area (Å²) < 4.78 is 0. The van der Waals surface area contributed by atoms with Gasteiger partial charge in [0.05, 0.1) is 0 Å². The molecule has 1 amide bonds. The summed E-state index contributed by atoms with van der Waals surface area (Å²) in [6.07, 6.45) is 2.34. The molecule has 68 valence electrons. The molecular formula is C9H16N2O. The summed E-state index contributed by atoms with van der Waals surface area (Å²) >= 11 is 0. The molecule has 0 aromatic rings. The number of hydrogen-bond acceptors (Lipinski definition) is 2. The Bertz CT molecular complexity index is 207. The monoisotopic (exact) mass is 168 g/mol. The topological polar surface area (TPSA) is 23.3 Å². The third-order valence-electron chi connectivity index (χ3n) is 3.38. The summed E-state index contributed by atoms with van der Waals surface area (Å²) in [6, 6.07) is 0. The number of likely N-dealkylation sites (tertiary alicyclic amines) is 1. The van der Waals surface area contributed by atoms with Crippen LogP contribution in [-0.2, 0) is 4.79 Å². The number of carbonyl (C=O) groups excluding carboxylic acids is 1. The lowest BCUT2D eigenvalue weighted by Gasteiger charge is -2.31. The van der Waals surface area contributed by atoms with E-state index in [0.717, 1.165) is 13.1 Å². The molecule has 2 saturated heterocycles. The van der Waals surface area contributed by atoms with Gasteiger partial charge < -0.3 is 4.90 Å². The third-order valence-corrected chi connectivity index (χ3v) is 3.38. The van der Waals surface area contributed by atoms with Crippen molar-refractivity contribution in [1.82, 2.24) is 9.80 Å². The van der Waals surface area contributed by atoms with E-state index in [0.29, 0.717) is 5.54 Å². The molecule has 0 bridgehead atoms. The molecule has 0 N–H and O–H groups in total. The minimum absolute atomic E-state index is 0.230. The van der Waals surface area contributed by atoms with Crippen molar-refractivity contribution in [1.29, 1.82) is 0 Å². The molecular weight excluding hydrogens is 152 g/mol. The molecule has 2 fully saturated rings. The molecule has 0 saturated carbocycles. The summed E-state index contributed by atoms with van der Waals surface area (Å²) in [4.78, 5) is 15.4. The smallest absolute Gasteiger partial charge is 0.219 e. The largest absolute Gasteiger partial charge is 0.343 e. The van der Waals surface area contributed by atoms with Crippen LogP contribution in [-0.4, -0.2) is 47.9 Å². The Hall–Kier alpha value is -0.570. The van der Waals surface area contributed by atoms with Crippen molar-refractivity contribution in [2.45, 2.75) is 25.3 Å². The van der Waals surface area contributed by atoms with Crippen molar-refractivity contribution in [3.05, 3.63) is 0 Å². The molecule has 0 aliphatic carbocycles. The van der Waals surface area contributed by atoms with Gasteiger partial charge in [-0.2, -0.15) is 0 Å². The van der Waals surface area contributed by atoms with Gasteiger partial charge in [0.1, 0.15) is 0 Å². The molecule has 0 aromatic carbocycles. The van der Waals surface area contributed by atoms with Crippen LogP contribution in [0.4, 0.5) is 0 Å². The highest BCUT2D eigenvalue weighted by Crippen LogP contribution is 2.39. The molecule has 0 aromatic heterocycles. The predicted molar refractivity (Wildman–Crippen MR) is 46.8 cm³/mol. The van der Waals surface area contributed by atoms with Crippen molar-refractivity contribution in [3.8, 4) is 0 Å². The van der Waals surface area contributed by atoms with E-state index in [1.54, 1.807) is 6.92 Å². The summed E-state index contributed by atoms with van der Waals surface area (Å²) in [6.45, 7) is 4.81.